The molecule has 4 aromatic carbocycles. The van der Waals surface area contributed by atoms with Crippen LogP contribution in [0.2, 0.25) is 0 Å². The van der Waals surface area contributed by atoms with Crippen LogP contribution in [0.3, 0.4) is 0 Å². The van der Waals surface area contributed by atoms with Gasteiger partial charge in [-0.25, -0.2) is 29.9 Å². The van der Waals surface area contributed by atoms with Crippen LogP contribution in [0, 0.1) is 89.5 Å². The molecule has 0 aliphatic heterocycles. The minimum Gasteiger partial charge on any atom is -0.250 e. The van der Waals surface area contributed by atoms with Crippen molar-refractivity contribution in [1.82, 2.24) is 0 Å². The second-order valence-electron chi connectivity index (χ2n) is 10.6. The normalized spacial score (nSPS) is 13.4. The highest BCUT2D eigenvalue weighted by molar-refractivity contribution is 6.37. The summed E-state index contributed by atoms with van der Waals surface area (Å²) < 4.78 is 0. The molecule has 0 atom stereocenters. The molecule has 220 valence electrons. The quantitative estimate of drug-likeness (QED) is 0.160. The lowest BCUT2D eigenvalue weighted by Gasteiger charge is -2.15. The van der Waals surface area contributed by atoms with Crippen molar-refractivity contribution in [3.8, 4) is 52.6 Å². The second-order valence-corrected chi connectivity index (χ2v) is 10.6. The van der Waals surface area contributed by atoms with Crippen LogP contribution in [0.1, 0.15) is 38.9 Å². The fourth-order valence-electron chi connectivity index (χ4n) is 6.28. The Labute approximate surface area is 285 Å². The average molecular weight is 631 g/mol. The van der Waals surface area contributed by atoms with E-state index in [2.05, 4.69) is 24.2 Å². The largest absolute Gasteiger partial charge is 0.270 e. The van der Waals surface area contributed by atoms with E-state index in [-0.39, 0.29) is 56.3 Å². The van der Waals surface area contributed by atoms with Gasteiger partial charge < -0.3 is 0 Å². The van der Waals surface area contributed by atoms with Crippen LogP contribution >= 0.6 is 0 Å². The van der Waals surface area contributed by atoms with Gasteiger partial charge in [0.05, 0.1) is 74.3 Å². The predicted octanol–water partition coefficient (Wildman–Crippen LogP) is 9.53. The molecule has 0 saturated carbocycles. The van der Waals surface area contributed by atoms with Gasteiger partial charge >= 0.3 is 0 Å². The van der Waals surface area contributed by atoms with Crippen molar-refractivity contribution in [3.05, 3.63) is 168 Å². The van der Waals surface area contributed by atoms with Crippen molar-refractivity contribution >= 4 is 39.4 Å². The lowest BCUT2D eigenvalue weighted by atomic mass is 9.88. The van der Waals surface area contributed by atoms with Gasteiger partial charge in [0.25, 0.3) is 11.4 Å². The number of benzene rings is 4. The van der Waals surface area contributed by atoms with Gasteiger partial charge in [0.15, 0.2) is 5.69 Å². The van der Waals surface area contributed by atoms with Gasteiger partial charge in [-0.1, -0.05) is 30.3 Å². The van der Waals surface area contributed by atoms with Crippen molar-refractivity contribution < 1.29 is 0 Å². The first kappa shape index (κ1) is 31.0. The van der Waals surface area contributed by atoms with Gasteiger partial charge in [-0.2, -0.15) is 15.8 Å². The molecule has 0 radical (unpaired) electrons. The van der Waals surface area contributed by atoms with E-state index in [1.807, 2.05) is 30.3 Å². The SMILES string of the molecule is [C-]#[N+]/C(C#N)=C1C2=C(/C(=C(\C#N)[N+]#[C-])c3ccc(-c4cc(C#N)c([N+]#[C-])c([N+]#[C-])c4)cc32)c2cc(-c3cc(C#N)c(C#N)c([N+]#[C-])c3)ccc2\1. The van der Waals surface area contributed by atoms with E-state index in [4.69, 9.17) is 32.9 Å². The molecular weight excluding hydrogens is 621 g/mol. The highest BCUT2D eigenvalue weighted by atomic mass is 14.8. The summed E-state index contributed by atoms with van der Waals surface area (Å²) in [5, 5.41) is 49.2. The first-order valence-electron chi connectivity index (χ1n) is 14.1. The van der Waals surface area contributed by atoms with E-state index in [9.17, 15) is 26.3 Å². The number of hydrogen-bond donors (Lipinski definition) is 0. The Morgan fingerprint density at radius 3 is 1.36 bits per heavy atom. The molecule has 0 aromatic heterocycles. The Hall–Kier alpha value is -9.00. The molecule has 10 heteroatoms. The zero-order chi connectivity index (χ0) is 35.7. The monoisotopic (exact) mass is 630 g/mol. The Kier molecular flexibility index (Phi) is 7.48. The molecule has 4 aromatic rings. The molecule has 0 heterocycles. The maximum atomic E-state index is 10.1. The van der Waals surface area contributed by atoms with E-state index in [0.717, 1.165) is 0 Å². The third kappa shape index (κ3) is 4.41. The molecule has 0 bridgehead atoms. The molecule has 10 nitrogen and oxygen atoms in total. The maximum absolute atomic E-state index is 10.1. The van der Waals surface area contributed by atoms with Crippen LogP contribution in [-0.4, -0.2) is 0 Å². The number of hydrogen-bond acceptors (Lipinski definition) is 5. The standard InChI is InChI=1S/C40H10N10/c1-46-32-14-23(10-25(16-41)31(32)18-43)21-6-8-27-29(12-21)38-37(35(20-45)49-4)28-9-7-22(13-30(28)39(38)36(27)34(19-44)48-3)24-11-26(17-42)40(50-5)33(15-24)47-2/h6-15H/b36-34-,37-35+. The number of rotatable bonds is 2. The van der Waals surface area contributed by atoms with Crippen molar-refractivity contribution in [3.63, 3.8) is 0 Å². The molecule has 0 spiro atoms. The molecule has 6 rings (SSSR count). The minimum atomic E-state index is -0.230. The van der Waals surface area contributed by atoms with Crippen LogP contribution in [0.25, 0.3) is 68.8 Å². The van der Waals surface area contributed by atoms with E-state index in [1.54, 1.807) is 36.4 Å². The lowest BCUT2D eigenvalue weighted by molar-refractivity contribution is 1.43. The minimum absolute atomic E-state index is 0.000276. The molecule has 2 aliphatic rings. The molecule has 0 saturated heterocycles. The first-order chi connectivity index (χ1) is 24.4. The summed E-state index contributed by atoms with van der Waals surface area (Å²) in [6.07, 6.45) is 0. The number of nitrogens with zero attached hydrogens (tertiary/aromatic N) is 10. The van der Waals surface area contributed by atoms with Crippen LogP contribution in [0.4, 0.5) is 17.1 Å². The number of fused-ring (bicyclic) bond motifs is 4. The van der Waals surface area contributed by atoms with E-state index < -0.39 is 0 Å². The van der Waals surface area contributed by atoms with Crippen LogP contribution in [0.5, 0.6) is 0 Å². The summed E-state index contributed by atoms with van der Waals surface area (Å²) in [4.78, 5) is 17.3. The smallest absolute Gasteiger partial charge is 0.250 e. The van der Waals surface area contributed by atoms with Crippen molar-refractivity contribution in [2.75, 3.05) is 0 Å². The Balaban J connectivity index is 1.70. The number of nitriles is 5. The summed E-state index contributed by atoms with van der Waals surface area (Å²) in [5.41, 5.74) is 4.92. The predicted molar refractivity (Wildman–Crippen MR) is 182 cm³/mol. The average Bonchev–Trinajstić information content (AvgIpc) is 3.66. The van der Waals surface area contributed by atoms with E-state index >= 15 is 0 Å². The van der Waals surface area contributed by atoms with Crippen LogP contribution in [-0.2, 0) is 0 Å². The Morgan fingerprint density at radius 2 is 0.960 bits per heavy atom. The molecule has 50 heavy (non-hydrogen) atoms. The molecule has 0 unspecified atom stereocenters. The molecular formula is C40H10N10. The summed E-state index contributed by atoms with van der Waals surface area (Å²) in [5.74, 6) is 0. The Bertz CT molecular complexity index is 2560. The van der Waals surface area contributed by atoms with Gasteiger partial charge in [-0.3, -0.25) is 4.85 Å². The number of allylic oxidation sites excluding steroid dienone is 6. The van der Waals surface area contributed by atoms with Crippen molar-refractivity contribution in [1.29, 1.82) is 26.3 Å². The lowest BCUT2D eigenvalue weighted by Crippen LogP contribution is -1.96. The summed E-state index contributed by atoms with van der Waals surface area (Å²) in [7, 11) is 0. The van der Waals surface area contributed by atoms with E-state index in [1.165, 1.54) is 24.3 Å². The first-order valence-corrected chi connectivity index (χ1v) is 14.1. The summed E-state index contributed by atoms with van der Waals surface area (Å²) >= 11 is 0. The fourth-order valence-corrected chi connectivity index (χ4v) is 6.28. The highest BCUT2D eigenvalue weighted by Crippen LogP contribution is 2.60. The van der Waals surface area contributed by atoms with Crippen molar-refractivity contribution in [2.45, 2.75) is 0 Å². The van der Waals surface area contributed by atoms with Gasteiger partial charge in [0.2, 0.25) is 11.4 Å². The third-order valence-corrected chi connectivity index (χ3v) is 8.35. The van der Waals surface area contributed by atoms with Gasteiger partial charge in [0, 0.05) is 16.7 Å². The highest BCUT2D eigenvalue weighted by Gasteiger charge is 2.40. The van der Waals surface area contributed by atoms with Gasteiger partial charge in [-0.05, 0) is 86.0 Å². The van der Waals surface area contributed by atoms with Gasteiger partial charge in [0.1, 0.15) is 0 Å². The van der Waals surface area contributed by atoms with E-state index in [0.29, 0.717) is 55.7 Å². The maximum Gasteiger partial charge on any atom is 0.270 e. The fraction of sp³-hybridized carbons (Fsp3) is 0. The molecule has 0 fully saturated rings. The molecule has 0 amide bonds. The molecule has 0 N–H and O–H groups in total. The van der Waals surface area contributed by atoms with Gasteiger partial charge in [-0.15, -0.1) is 0 Å². The topological polar surface area (TPSA) is 141 Å². The Morgan fingerprint density at radius 1 is 0.480 bits per heavy atom. The zero-order valence-corrected chi connectivity index (χ0v) is 25.2. The second kappa shape index (κ2) is 12.1. The summed E-state index contributed by atoms with van der Waals surface area (Å²) in [6.45, 7) is 38.3. The van der Waals surface area contributed by atoms with Crippen molar-refractivity contribution in [2.24, 2.45) is 0 Å². The molecule has 2 aliphatic carbocycles. The third-order valence-electron chi connectivity index (χ3n) is 8.35. The van der Waals surface area contributed by atoms with Crippen LogP contribution in [0.15, 0.2) is 72.1 Å². The van der Waals surface area contributed by atoms with Crippen LogP contribution < -0.4 is 0 Å². The zero-order valence-electron chi connectivity index (χ0n) is 25.2. The summed E-state index contributed by atoms with van der Waals surface area (Å²) in [6, 6.07) is 26.1.